The first kappa shape index (κ1) is 22.9. The number of piperidine rings is 1. The summed E-state index contributed by atoms with van der Waals surface area (Å²) in [6.45, 7) is 10.8. The topological polar surface area (TPSA) is 60.0 Å². The number of ketones is 1. The van der Waals surface area contributed by atoms with Crippen molar-refractivity contribution >= 4 is 11.4 Å². The predicted octanol–water partition coefficient (Wildman–Crippen LogP) is 4.00. The Morgan fingerprint density at radius 3 is 2.55 bits per heavy atom. The van der Waals surface area contributed by atoms with Crippen molar-refractivity contribution in [3.8, 4) is 5.75 Å². The molecule has 0 aromatic heterocycles. The molecule has 4 aliphatic rings. The van der Waals surface area contributed by atoms with Crippen LogP contribution in [0.2, 0.25) is 0 Å². The molecular formula is C27H38N2O4. The van der Waals surface area contributed by atoms with Gasteiger partial charge in [0.1, 0.15) is 11.9 Å². The highest BCUT2D eigenvalue weighted by Crippen LogP contribution is 2.44. The lowest BCUT2D eigenvalue weighted by molar-refractivity contribution is -0.181. The first-order valence-electron chi connectivity index (χ1n) is 12.4. The van der Waals surface area contributed by atoms with Gasteiger partial charge < -0.3 is 19.5 Å². The van der Waals surface area contributed by atoms with Gasteiger partial charge in [-0.15, -0.1) is 0 Å². The fraction of sp³-hybridized carbons (Fsp3) is 0.667. The first-order chi connectivity index (χ1) is 15.7. The van der Waals surface area contributed by atoms with Crippen LogP contribution in [0.15, 0.2) is 30.5 Å². The number of fused-ring (bicyclic) bond motifs is 3. The largest absolute Gasteiger partial charge is 0.496 e. The minimum atomic E-state index is -0.125. The van der Waals surface area contributed by atoms with E-state index in [1.165, 1.54) is 0 Å². The molecule has 0 amide bonds. The van der Waals surface area contributed by atoms with Gasteiger partial charge >= 0.3 is 0 Å². The summed E-state index contributed by atoms with van der Waals surface area (Å²) >= 11 is 0. The quantitative estimate of drug-likeness (QED) is 0.745. The summed E-state index contributed by atoms with van der Waals surface area (Å²) < 4.78 is 18.2. The highest BCUT2D eigenvalue weighted by Gasteiger charge is 2.51. The van der Waals surface area contributed by atoms with Crippen molar-refractivity contribution < 1.29 is 19.0 Å². The molecule has 0 radical (unpaired) electrons. The lowest BCUT2D eigenvalue weighted by Gasteiger charge is -2.54. The number of methoxy groups -OCH3 is 1. The minimum absolute atomic E-state index is 0.0854. The third kappa shape index (κ3) is 4.33. The van der Waals surface area contributed by atoms with Crippen LogP contribution < -0.4 is 10.1 Å². The molecule has 2 saturated heterocycles. The molecule has 0 spiro atoms. The van der Waals surface area contributed by atoms with Gasteiger partial charge in [0.25, 0.3) is 0 Å². The number of para-hydroxylation sites is 1. The summed E-state index contributed by atoms with van der Waals surface area (Å²) in [4.78, 5) is 16.1. The molecule has 0 bridgehead atoms. The second-order valence-corrected chi connectivity index (χ2v) is 11.6. The van der Waals surface area contributed by atoms with Gasteiger partial charge in [0.2, 0.25) is 0 Å². The highest BCUT2D eigenvalue weighted by molar-refractivity contribution is 6.22. The summed E-state index contributed by atoms with van der Waals surface area (Å²) in [5.41, 5.74) is 1.61. The van der Waals surface area contributed by atoms with Crippen LogP contribution in [-0.2, 0) is 14.3 Å². The van der Waals surface area contributed by atoms with Gasteiger partial charge in [0.15, 0.2) is 5.78 Å². The van der Waals surface area contributed by atoms with Gasteiger partial charge in [-0.2, -0.15) is 0 Å². The normalized spacial score (nSPS) is 34.0. The van der Waals surface area contributed by atoms with E-state index in [4.69, 9.17) is 14.2 Å². The van der Waals surface area contributed by atoms with Crippen molar-refractivity contribution in [1.29, 1.82) is 0 Å². The summed E-state index contributed by atoms with van der Waals surface area (Å²) in [5.74, 6) is 0.963. The standard InChI is InChI=1S/C27H38N2O4/c1-26(2)12-17(13-27(3,4)28-26)29-14-20-23(33-16-29)11-10-19-24(30)21(15-32-25(19)20)18-8-6-7-9-22(18)31-5/h6-9,15,17,19-20,23,25,28H,10-14,16H2,1-5H3. The zero-order valence-electron chi connectivity index (χ0n) is 20.6. The lowest BCUT2D eigenvalue weighted by atomic mass is 9.71. The van der Waals surface area contributed by atoms with Crippen LogP contribution in [0.3, 0.4) is 0 Å². The molecule has 1 aromatic carbocycles. The van der Waals surface area contributed by atoms with Crippen molar-refractivity contribution in [2.75, 3.05) is 20.4 Å². The fourth-order valence-corrected chi connectivity index (χ4v) is 6.90. The van der Waals surface area contributed by atoms with E-state index in [0.29, 0.717) is 24.1 Å². The second kappa shape index (κ2) is 8.40. The maximum Gasteiger partial charge on any atom is 0.173 e. The van der Waals surface area contributed by atoms with Crippen LogP contribution in [0.4, 0.5) is 0 Å². The number of allylic oxidation sites excluding steroid dienone is 1. The van der Waals surface area contributed by atoms with E-state index in [2.05, 4.69) is 37.9 Å². The first-order valence-corrected chi connectivity index (χ1v) is 12.4. The summed E-state index contributed by atoms with van der Waals surface area (Å²) in [5, 5.41) is 3.78. The molecule has 1 aliphatic carbocycles. The number of ether oxygens (including phenoxy) is 3. The van der Waals surface area contributed by atoms with Crippen LogP contribution in [0.5, 0.6) is 5.75 Å². The van der Waals surface area contributed by atoms with Crippen molar-refractivity contribution in [2.24, 2.45) is 11.8 Å². The van der Waals surface area contributed by atoms with Crippen LogP contribution in [0, 0.1) is 11.8 Å². The van der Waals surface area contributed by atoms with E-state index in [1.54, 1.807) is 13.4 Å². The number of nitrogens with one attached hydrogen (secondary N) is 1. The monoisotopic (exact) mass is 454 g/mol. The molecule has 33 heavy (non-hydrogen) atoms. The molecule has 3 fully saturated rings. The number of nitrogens with zero attached hydrogens (tertiary/aromatic N) is 1. The van der Waals surface area contributed by atoms with Gasteiger partial charge in [-0.1, -0.05) is 18.2 Å². The summed E-state index contributed by atoms with van der Waals surface area (Å²) in [6, 6.07) is 8.13. The highest BCUT2D eigenvalue weighted by atomic mass is 16.5. The Morgan fingerprint density at radius 2 is 1.82 bits per heavy atom. The van der Waals surface area contributed by atoms with Gasteiger partial charge in [0.05, 0.1) is 37.7 Å². The molecule has 5 rings (SSSR count). The molecule has 180 valence electrons. The van der Waals surface area contributed by atoms with E-state index in [0.717, 1.165) is 37.8 Å². The van der Waals surface area contributed by atoms with Crippen LogP contribution in [-0.4, -0.2) is 60.4 Å². The summed E-state index contributed by atoms with van der Waals surface area (Å²) in [6.07, 6.45) is 5.62. The molecule has 6 nitrogen and oxygen atoms in total. The maximum absolute atomic E-state index is 13.6. The Kier molecular flexibility index (Phi) is 5.82. The Hall–Kier alpha value is -1.89. The van der Waals surface area contributed by atoms with Gasteiger partial charge in [-0.25, -0.2) is 0 Å². The second-order valence-electron chi connectivity index (χ2n) is 11.6. The van der Waals surface area contributed by atoms with E-state index in [1.807, 2.05) is 24.3 Å². The average molecular weight is 455 g/mol. The van der Waals surface area contributed by atoms with E-state index in [9.17, 15) is 4.79 Å². The number of hydrogen-bond donors (Lipinski definition) is 1. The number of hydrogen-bond acceptors (Lipinski definition) is 6. The smallest absolute Gasteiger partial charge is 0.173 e. The number of carbonyl (C=O) groups excluding carboxylic acids is 1. The molecule has 1 N–H and O–H groups in total. The Labute approximate surface area is 197 Å². The van der Waals surface area contributed by atoms with Crippen LogP contribution in [0.25, 0.3) is 5.57 Å². The molecule has 6 heteroatoms. The van der Waals surface area contributed by atoms with Crippen molar-refractivity contribution in [3.05, 3.63) is 36.1 Å². The predicted molar refractivity (Wildman–Crippen MR) is 128 cm³/mol. The number of rotatable bonds is 3. The van der Waals surface area contributed by atoms with Crippen molar-refractivity contribution in [1.82, 2.24) is 10.2 Å². The van der Waals surface area contributed by atoms with Gasteiger partial charge in [-0.3, -0.25) is 9.69 Å². The maximum atomic E-state index is 13.6. The number of carbonyl (C=O) groups is 1. The molecule has 3 heterocycles. The van der Waals surface area contributed by atoms with E-state index >= 15 is 0 Å². The Bertz CT molecular complexity index is 924. The third-order valence-corrected chi connectivity index (χ3v) is 7.99. The van der Waals surface area contributed by atoms with Crippen molar-refractivity contribution in [2.45, 2.75) is 82.7 Å². The van der Waals surface area contributed by atoms with E-state index < -0.39 is 0 Å². The van der Waals surface area contributed by atoms with E-state index in [-0.39, 0.29) is 40.9 Å². The molecule has 4 unspecified atom stereocenters. The molecule has 1 aromatic rings. The van der Waals surface area contributed by atoms with Gasteiger partial charge in [-0.05, 0) is 59.4 Å². The van der Waals surface area contributed by atoms with Crippen LogP contribution >= 0.6 is 0 Å². The number of benzene rings is 1. The minimum Gasteiger partial charge on any atom is -0.496 e. The third-order valence-electron chi connectivity index (χ3n) is 7.99. The zero-order valence-corrected chi connectivity index (χ0v) is 20.6. The molecular weight excluding hydrogens is 416 g/mol. The average Bonchev–Trinajstić information content (AvgIpc) is 2.77. The Morgan fingerprint density at radius 1 is 1.09 bits per heavy atom. The SMILES string of the molecule is COc1ccccc1C1=COC2C(CCC3OCN(C4CC(C)(C)NC(C)(C)C4)CC32)C1=O. The zero-order chi connectivity index (χ0) is 23.4. The summed E-state index contributed by atoms with van der Waals surface area (Å²) in [7, 11) is 1.64. The molecule has 3 aliphatic heterocycles. The fourth-order valence-electron chi connectivity index (χ4n) is 6.90. The molecule has 1 saturated carbocycles. The number of Topliss-reactive ketones (excluding diaryl/α,β-unsaturated/α-hetero) is 1. The van der Waals surface area contributed by atoms with Crippen molar-refractivity contribution in [3.63, 3.8) is 0 Å². The van der Waals surface area contributed by atoms with Gasteiger partial charge in [0, 0.05) is 35.1 Å². The lowest BCUT2D eigenvalue weighted by Crippen LogP contribution is -2.65. The Balaban J connectivity index is 1.36. The molecule has 4 atom stereocenters. The van der Waals surface area contributed by atoms with Crippen LogP contribution in [0.1, 0.15) is 58.9 Å².